The molecule has 0 bridgehead atoms. The molecule has 1 fully saturated rings. The summed E-state index contributed by atoms with van der Waals surface area (Å²) < 4.78 is 3.93. The Hall–Kier alpha value is -2.41. The molecule has 1 amide bonds. The summed E-state index contributed by atoms with van der Waals surface area (Å²) in [4.78, 5) is 28.1. The van der Waals surface area contributed by atoms with Crippen LogP contribution in [0.1, 0.15) is 59.2 Å². The van der Waals surface area contributed by atoms with Gasteiger partial charge in [0.2, 0.25) is 0 Å². The molecule has 1 aliphatic rings. The second-order valence-corrected chi connectivity index (χ2v) is 7.94. The van der Waals surface area contributed by atoms with Crippen LogP contribution in [0.4, 0.5) is 0 Å². The van der Waals surface area contributed by atoms with Gasteiger partial charge >= 0.3 is 0 Å². The van der Waals surface area contributed by atoms with E-state index in [9.17, 15) is 9.59 Å². The van der Waals surface area contributed by atoms with Crippen LogP contribution >= 0.6 is 0 Å². The summed E-state index contributed by atoms with van der Waals surface area (Å²) in [5, 5.41) is 7.13. The number of carbonyl (C=O) groups is 1. The third-order valence-corrected chi connectivity index (χ3v) is 6.05. The first kappa shape index (κ1) is 21.3. The van der Waals surface area contributed by atoms with Crippen LogP contribution in [0, 0.1) is 13.8 Å². The topological polar surface area (TPSA) is 72.2 Å². The highest BCUT2D eigenvalue weighted by molar-refractivity contribution is 5.95. The van der Waals surface area contributed by atoms with Crippen LogP contribution in [0.15, 0.2) is 17.1 Å². The molecule has 7 nitrogen and oxygen atoms in total. The van der Waals surface area contributed by atoms with E-state index in [0.29, 0.717) is 13.0 Å². The number of nitrogens with one attached hydrogen (secondary N) is 1. The van der Waals surface area contributed by atoms with Crippen molar-refractivity contribution in [3.63, 3.8) is 0 Å². The zero-order chi connectivity index (χ0) is 21.0. The minimum absolute atomic E-state index is 0.200. The highest BCUT2D eigenvalue weighted by Crippen LogP contribution is 2.13. The van der Waals surface area contributed by atoms with E-state index < -0.39 is 0 Å². The molecule has 1 N–H and O–H groups in total. The number of likely N-dealkylation sites (tertiary alicyclic amines) is 1. The predicted molar refractivity (Wildman–Crippen MR) is 114 cm³/mol. The molecule has 158 valence electrons. The molecule has 2 aromatic rings. The van der Waals surface area contributed by atoms with Gasteiger partial charge in [-0.25, -0.2) is 0 Å². The predicted octanol–water partition coefficient (Wildman–Crippen LogP) is 2.18. The van der Waals surface area contributed by atoms with E-state index >= 15 is 0 Å². The molecule has 1 aliphatic heterocycles. The van der Waals surface area contributed by atoms with Crippen LogP contribution in [-0.4, -0.2) is 44.8 Å². The third kappa shape index (κ3) is 4.78. The van der Waals surface area contributed by atoms with E-state index in [1.807, 2.05) is 27.8 Å². The highest BCUT2D eigenvalue weighted by Gasteiger charge is 2.20. The van der Waals surface area contributed by atoms with Crippen molar-refractivity contribution >= 4 is 5.91 Å². The normalized spacial score (nSPS) is 14.9. The van der Waals surface area contributed by atoms with Crippen molar-refractivity contribution in [1.82, 2.24) is 24.6 Å². The second-order valence-electron chi connectivity index (χ2n) is 7.94. The number of aryl methyl sites for hydroxylation is 2. The highest BCUT2D eigenvalue weighted by atomic mass is 16.2. The maximum atomic E-state index is 12.9. The van der Waals surface area contributed by atoms with Crippen molar-refractivity contribution < 1.29 is 4.79 Å². The monoisotopic (exact) mass is 399 g/mol. The number of nitrogens with zero attached hydrogens (tertiary/aromatic N) is 4. The van der Waals surface area contributed by atoms with Gasteiger partial charge in [-0.15, -0.1) is 0 Å². The Morgan fingerprint density at radius 3 is 2.52 bits per heavy atom. The van der Waals surface area contributed by atoms with Gasteiger partial charge < -0.3 is 14.8 Å². The lowest BCUT2D eigenvalue weighted by Gasteiger charge is -2.28. The van der Waals surface area contributed by atoms with Gasteiger partial charge in [0, 0.05) is 55.4 Å². The standard InChI is InChI=1S/C22H33N5O2/c1-5-19-21(22(29)23-14-18-15-24-25(4)17(18)3)20(28)13-16(2)27(19)12-11-26-9-7-6-8-10-26/h13,15H,5-12,14H2,1-4H3,(H,23,29). The Bertz CT molecular complexity index is 922. The van der Waals surface area contributed by atoms with Crippen molar-refractivity contribution in [3.8, 4) is 0 Å². The van der Waals surface area contributed by atoms with Crippen LogP contribution in [0.2, 0.25) is 0 Å². The first-order valence-electron chi connectivity index (χ1n) is 10.6. The first-order chi connectivity index (χ1) is 13.9. The Morgan fingerprint density at radius 2 is 1.90 bits per heavy atom. The first-order valence-corrected chi connectivity index (χ1v) is 10.6. The Labute approximate surface area is 172 Å². The van der Waals surface area contributed by atoms with Crippen LogP contribution in [0.3, 0.4) is 0 Å². The summed E-state index contributed by atoms with van der Waals surface area (Å²) in [6, 6.07) is 1.60. The van der Waals surface area contributed by atoms with Crippen LogP contribution < -0.4 is 10.7 Å². The van der Waals surface area contributed by atoms with Gasteiger partial charge in [0.15, 0.2) is 5.43 Å². The fourth-order valence-corrected chi connectivity index (χ4v) is 4.16. The van der Waals surface area contributed by atoms with Gasteiger partial charge in [0.1, 0.15) is 5.56 Å². The number of carbonyl (C=O) groups excluding carboxylic acids is 1. The molecule has 7 heteroatoms. The third-order valence-electron chi connectivity index (χ3n) is 6.05. The van der Waals surface area contributed by atoms with Gasteiger partial charge in [0.05, 0.1) is 6.20 Å². The quantitative estimate of drug-likeness (QED) is 0.775. The second kappa shape index (κ2) is 9.39. The van der Waals surface area contributed by atoms with Crippen LogP contribution in [-0.2, 0) is 26.6 Å². The molecule has 0 aliphatic carbocycles. The fraction of sp³-hybridized carbons (Fsp3) is 0.591. The summed E-state index contributed by atoms with van der Waals surface area (Å²) in [5.74, 6) is -0.304. The SMILES string of the molecule is CCc1c(C(=O)NCc2cnn(C)c2C)c(=O)cc(C)n1CCN1CCCCC1. The molecule has 0 radical (unpaired) electrons. The molecule has 1 saturated heterocycles. The fourth-order valence-electron chi connectivity index (χ4n) is 4.16. The molecular formula is C22H33N5O2. The maximum absolute atomic E-state index is 12.9. The van der Waals surface area contributed by atoms with Crippen LogP contribution in [0.25, 0.3) is 0 Å². The van der Waals surface area contributed by atoms with E-state index in [1.54, 1.807) is 16.9 Å². The minimum atomic E-state index is -0.304. The average Bonchev–Trinajstić information content (AvgIpc) is 3.03. The summed E-state index contributed by atoms with van der Waals surface area (Å²) >= 11 is 0. The van der Waals surface area contributed by atoms with E-state index in [2.05, 4.69) is 19.9 Å². The summed E-state index contributed by atoms with van der Waals surface area (Å²) in [6.07, 6.45) is 6.22. The van der Waals surface area contributed by atoms with E-state index in [0.717, 1.165) is 48.8 Å². The Balaban J connectivity index is 1.80. The number of piperidine rings is 1. The molecule has 29 heavy (non-hydrogen) atoms. The Kier molecular flexibility index (Phi) is 6.90. The van der Waals surface area contributed by atoms with Crippen LogP contribution in [0.5, 0.6) is 0 Å². The zero-order valence-electron chi connectivity index (χ0n) is 18.1. The zero-order valence-corrected chi connectivity index (χ0v) is 18.1. The maximum Gasteiger partial charge on any atom is 0.257 e. The van der Waals surface area contributed by atoms with Gasteiger partial charge in [-0.2, -0.15) is 5.10 Å². The van der Waals surface area contributed by atoms with Crippen molar-refractivity contribution in [2.45, 2.75) is 59.5 Å². The lowest BCUT2D eigenvalue weighted by atomic mass is 10.1. The number of hydrogen-bond donors (Lipinski definition) is 1. The number of pyridine rings is 1. The molecule has 2 aromatic heterocycles. The van der Waals surface area contributed by atoms with E-state index in [-0.39, 0.29) is 16.9 Å². The van der Waals surface area contributed by atoms with Gasteiger partial charge in [-0.3, -0.25) is 14.3 Å². The molecule has 0 unspecified atom stereocenters. The number of amides is 1. The number of rotatable bonds is 7. The molecule has 3 rings (SSSR count). The smallest absolute Gasteiger partial charge is 0.257 e. The molecule has 0 spiro atoms. The van der Waals surface area contributed by atoms with Gasteiger partial charge in [-0.05, 0) is 46.2 Å². The summed E-state index contributed by atoms with van der Waals surface area (Å²) in [7, 11) is 1.87. The molecule has 0 saturated carbocycles. The van der Waals surface area contributed by atoms with Crippen molar-refractivity contribution in [1.29, 1.82) is 0 Å². The lowest BCUT2D eigenvalue weighted by Crippen LogP contribution is -2.36. The van der Waals surface area contributed by atoms with Gasteiger partial charge in [-0.1, -0.05) is 13.3 Å². The molecule has 0 aromatic carbocycles. The number of aromatic nitrogens is 3. The summed E-state index contributed by atoms with van der Waals surface area (Å²) in [6.45, 7) is 10.3. The molecule has 3 heterocycles. The minimum Gasteiger partial charge on any atom is -0.348 e. The van der Waals surface area contributed by atoms with Crippen molar-refractivity contribution in [3.05, 3.63) is 50.7 Å². The Morgan fingerprint density at radius 1 is 1.17 bits per heavy atom. The molecule has 0 atom stereocenters. The van der Waals surface area contributed by atoms with Crippen molar-refractivity contribution in [2.75, 3.05) is 19.6 Å². The van der Waals surface area contributed by atoms with Crippen molar-refractivity contribution in [2.24, 2.45) is 7.05 Å². The van der Waals surface area contributed by atoms with Gasteiger partial charge in [0.25, 0.3) is 5.91 Å². The number of hydrogen-bond acceptors (Lipinski definition) is 4. The van der Waals surface area contributed by atoms with E-state index in [4.69, 9.17) is 0 Å². The molecular weight excluding hydrogens is 366 g/mol. The lowest BCUT2D eigenvalue weighted by molar-refractivity contribution is 0.0947. The van der Waals surface area contributed by atoms with E-state index in [1.165, 1.54) is 19.3 Å². The average molecular weight is 400 g/mol. The largest absolute Gasteiger partial charge is 0.348 e. The summed E-state index contributed by atoms with van der Waals surface area (Å²) in [5.41, 5.74) is 3.78.